The van der Waals surface area contributed by atoms with Crippen LogP contribution >= 0.6 is 0 Å². The number of benzene rings is 1. The first kappa shape index (κ1) is 22.1. The number of carbonyl (C=O) groups excluding carboxylic acids is 1. The summed E-state index contributed by atoms with van der Waals surface area (Å²) >= 11 is 0. The minimum atomic E-state index is -0.0755. The van der Waals surface area contributed by atoms with Crippen molar-refractivity contribution < 1.29 is 14.3 Å². The second kappa shape index (κ2) is 11.0. The molecular weight excluding hydrogens is 376 g/mol. The number of methoxy groups -OCH3 is 1. The molecule has 2 aromatic rings. The van der Waals surface area contributed by atoms with E-state index < -0.39 is 0 Å². The minimum absolute atomic E-state index is 0.0755. The highest BCUT2D eigenvalue weighted by Crippen LogP contribution is 2.32. The lowest BCUT2D eigenvalue weighted by Gasteiger charge is -2.25. The van der Waals surface area contributed by atoms with Crippen LogP contribution in [0.25, 0.3) is 0 Å². The van der Waals surface area contributed by atoms with Crippen LogP contribution in [0.2, 0.25) is 0 Å². The summed E-state index contributed by atoms with van der Waals surface area (Å²) in [5.74, 6) is 1.55. The van der Waals surface area contributed by atoms with Gasteiger partial charge >= 0.3 is 0 Å². The zero-order valence-corrected chi connectivity index (χ0v) is 18.5. The Bertz CT molecular complexity index is 799. The molecular formula is C25H34N2O3. The molecule has 0 radical (unpaired) electrons. The lowest BCUT2D eigenvalue weighted by molar-refractivity contribution is -0.135. The normalized spacial score (nSPS) is 14.9. The molecule has 0 unspecified atom stereocenters. The van der Waals surface area contributed by atoms with Gasteiger partial charge in [0.25, 0.3) is 0 Å². The van der Waals surface area contributed by atoms with Gasteiger partial charge in [-0.05, 0) is 55.5 Å². The van der Waals surface area contributed by atoms with Gasteiger partial charge in [-0.25, -0.2) is 0 Å². The molecule has 0 saturated heterocycles. The maximum atomic E-state index is 12.8. The molecule has 1 aromatic carbocycles. The molecule has 1 aliphatic carbocycles. The van der Waals surface area contributed by atoms with Gasteiger partial charge in [-0.2, -0.15) is 0 Å². The third-order valence-corrected chi connectivity index (χ3v) is 5.58. The number of ether oxygens (including phenoxy) is 2. The van der Waals surface area contributed by atoms with Gasteiger partial charge in [0.2, 0.25) is 5.91 Å². The van der Waals surface area contributed by atoms with E-state index in [1.807, 2.05) is 55.1 Å². The summed E-state index contributed by atoms with van der Waals surface area (Å²) in [6, 6.07) is 11.8. The summed E-state index contributed by atoms with van der Waals surface area (Å²) in [5, 5.41) is 0. The summed E-state index contributed by atoms with van der Waals surface area (Å²) in [5.41, 5.74) is 1.90. The van der Waals surface area contributed by atoms with Gasteiger partial charge in [-0.3, -0.25) is 9.78 Å². The first-order valence-electron chi connectivity index (χ1n) is 11.1. The maximum Gasteiger partial charge on any atom is 0.225 e. The fraction of sp³-hybridized carbons (Fsp3) is 0.520. The van der Waals surface area contributed by atoms with Crippen LogP contribution in [0.4, 0.5) is 0 Å². The van der Waals surface area contributed by atoms with Crippen LogP contribution in [0, 0.1) is 5.92 Å². The van der Waals surface area contributed by atoms with E-state index in [1.54, 1.807) is 13.3 Å². The summed E-state index contributed by atoms with van der Waals surface area (Å²) in [7, 11) is 1.67. The number of carbonyl (C=O) groups is 1. The smallest absolute Gasteiger partial charge is 0.225 e. The molecule has 1 aliphatic rings. The first-order valence-corrected chi connectivity index (χ1v) is 11.1. The van der Waals surface area contributed by atoms with E-state index in [2.05, 4.69) is 4.98 Å². The number of amides is 1. The molecule has 1 aromatic heterocycles. The molecule has 0 aliphatic heterocycles. The molecule has 5 heteroatoms. The van der Waals surface area contributed by atoms with Crippen LogP contribution in [-0.4, -0.2) is 29.0 Å². The van der Waals surface area contributed by atoms with Gasteiger partial charge < -0.3 is 14.4 Å². The minimum Gasteiger partial charge on any atom is -0.493 e. The van der Waals surface area contributed by atoms with E-state index in [4.69, 9.17) is 9.47 Å². The van der Waals surface area contributed by atoms with E-state index in [1.165, 1.54) is 25.7 Å². The van der Waals surface area contributed by atoms with E-state index in [9.17, 15) is 4.79 Å². The Morgan fingerprint density at radius 3 is 2.47 bits per heavy atom. The van der Waals surface area contributed by atoms with Gasteiger partial charge in [-0.1, -0.05) is 38.8 Å². The van der Waals surface area contributed by atoms with E-state index in [-0.39, 0.29) is 17.9 Å². The van der Waals surface area contributed by atoms with Crippen LogP contribution in [0.15, 0.2) is 42.6 Å². The molecule has 162 valence electrons. The van der Waals surface area contributed by atoms with Crippen molar-refractivity contribution in [3.8, 4) is 11.5 Å². The fourth-order valence-electron chi connectivity index (χ4n) is 3.93. The average Bonchev–Trinajstić information content (AvgIpc) is 3.03. The molecule has 0 spiro atoms. The molecule has 1 fully saturated rings. The van der Waals surface area contributed by atoms with Crippen molar-refractivity contribution in [3.63, 3.8) is 0 Å². The molecule has 1 saturated carbocycles. The number of rotatable bonds is 8. The van der Waals surface area contributed by atoms with Crippen molar-refractivity contribution >= 4 is 5.91 Å². The molecule has 1 heterocycles. The van der Waals surface area contributed by atoms with Crippen LogP contribution in [0.5, 0.6) is 11.5 Å². The SMILES string of the molecule is COc1cc(CN(Cc2ccccn2)C(=O)C(C)C)ccc1OC1CCCCCC1. The molecule has 0 N–H and O–H groups in total. The predicted molar refractivity (Wildman–Crippen MR) is 118 cm³/mol. The van der Waals surface area contributed by atoms with Crippen molar-refractivity contribution in [2.75, 3.05) is 7.11 Å². The summed E-state index contributed by atoms with van der Waals surface area (Å²) in [4.78, 5) is 19.0. The van der Waals surface area contributed by atoms with Crippen molar-refractivity contribution in [3.05, 3.63) is 53.9 Å². The Morgan fingerprint density at radius 2 is 1.83 bits per heavy atom. The number of nitrogens with zero attached hydrogens (tertiary/aromatic N) is 2. The summed E-state index contributed by atoms with van der Waals surface area (Å²) in [6.07, 6.45) is 9.27. The summed E-state index contributed by atoms with van der Waals surface area (Å²) in [6.45, 7) is 4.85. The molecule has 5 nitrogen and oxygen atoms in total. The average molecular weight is 411 g/mol. The third kappa shape index (κ3) is 6.22. The second-order valence-corrected chi connectivity index (χ2v) is 8.39. The highest BCUT2D eigenvalue weighted by Gasteiger charge is 2.20. The highest BCUT2D eigenvalue weighted by molar-refractivity contribution is 5.78. The summed E-state index contributed by atoms with van der Waals surface area (Å²) < 4.78 is 11.9. The quantitative estimate of drug-likeness (QED) is 0.549. The van der Waals surface area contributed by atoms with E-state index >= 15 is 0 Å². The van der Waals surface area contributed by atoms with Crippen LogP contribution in [-0.2, 0) is 17.9 Å². The Labute approximate surface area is 180 Å². The van der Waals surface area contributed by atoms with E-state index in [0.717, 1.165) is 35.6 Å². The Balaban J connectivity index is 1.74. The zero-order valence-electron chi connectivity index (χ0n) is 18.5. The molecule has 1 amide bonds. The van der Waals surface area contributed by atoms with Crippen LogP contribution < -0.4 is 9.47 Å². The van der Waals surface area contributed by atoms with Gasteiger partial charge in [0.05, 0.1) is 25.5 Å². The van der Waals surface area contributed by atoms with E-state index in [0.29, 0.717) is 13.1 Å². The van der Waals surface area contributed by atoms with Gasteiger partial charge in [0.15, 0.2) is 11.5 Å². The third-order valence-electron chi connectivity index (χ3n) is 5.58. The predicted octanol–water partition coefficient (Wildman–Crippen LogP) is 5.38. The van der Waals surface area contributed by atoms with Crippen molar-refractivity contribution in [2.24, 2.45) is 5.92 Å². The van der Waals surface area contributed by atoms with Gasteiger partial charge in [-0.15, -0.1) is 0 Å². The fourth-order valence-corrected chi connectivity index (χ4v) is 3.93. The Hall–Kier alpha value is -2.56. The number of hydrogen-bond acceptors (Lipinski definition) is 4. The monoisotopic (exact) mass is 410 g/mol. The molecule has 30 heavy (non-hydrogen) atoms. The lowest BCUT2D eigenvalue weighted by atomic mass is 10.1. The number of hydrogen-bond donors (Lipinski definition) is 0. The largest absolute Gasteiger partial charge is 0.493 e. The highest BCUT2D eigenvalue weighted by atomic mass is 16.5. The molecule has 3 rings (SSSR count). The first-order chi connectivity index (χ1) is 14.6. The van der Waals surface area contributed by atoms with Crippen molar-refractivity contribution in [1.29, 1.82) is 0 Å². The Kier molecular flexibility index (Phi) is 8.12. The van der Waals surface area contributed by atoms with Crippen molar-refractivity contribution in [2.45, 2.75) is 71.6 Å². The lowest BCUT2D eigenvalue weighted by Crippen LogP contribution is -2.33. The number of pyridine rings is 1. The van der Waals surface area contributed by atoms with Gasteiger partial charge in [0.1, 0.15) is 0 Å². The number of aromatic nitrogens is 1. The molecule has 0 bridgehead atoms. The standard InChI is InChI=1S/C25H34N2O3/c1-19(2)25(28)27(18-21-10-8-9-15-26-21)17-20-13-14-23(24(16-20)29-3)30-22-11-6-4-5-7-12-22/h8-10,13-16,19,22H,4-7,11-12,17-18H2,1-3H3. The second-order valence-electron chi connectivity index (χ2n) is 8.39. The zero-order chi connectivity index (χ0) is 21.3. The van der Waals surface area contributed by atoms with Gasteiger partial charge in [0, 0.05) is 18.7 Å². The maximum absolute atomic E-state index is 12.8. The molecule has 0 atom stereocenters. The van der Waals surface area contributed by atoms with Crippen LogP contribution in [0.1, 0.15) is 63.6 Å². The topological polar surface area (TPSA) is 51.7 Å². The van der Waals surface area contributed by atoms with Crippen LogP contribution in [0.3, 0.4) is 0 Å². The Morgan fingerprint density at radius 1 is 1.07 bits per heavy atom. The van der Waals surface area contributed by atoms with Crippen molar-refractivity contribution in [1.82, 2.24) is 9.88 Å².